The average Bonchev–Trinajstić information content (AvgIpc) is 2.15. The van der Waals surface area contributed by atoms with Crippen molar-refractivity contribution in [3.63, 3.8) is 0 Å². The molecule has 1 radical (unpaired) electrons. The van der Waals surface area contributed by atoms with Crippen LogP contribution in [0.25, 0.3) is 0 Å². The van der Waals surface area contributed by atoms with Gasteiger partial charge in [-0.15, -0.1) is 12.8 Å². The molecule has 0 unspecified atom stereocenters. The first kappa shape index (κ1) is 16.5. The first-order chi connectivity index (χ1) is 8.00. The maximum atomic E-state index is 3.18. The molecule has 0 saturated carbocycles. The van der Waals surface area contributed by atoms with Gasteiger partial charge in [0.1, 0.15) is 0 Å². The molecule has 0 spiro atoms. The molecule has 17 heavy (non-hydrogen) atoms. The first-order valence-electron chi connectivity index (χ1n) is 6.43. The normalized spacial score (nSPS) is 20.7. The van der Waals surface area contributed by atoms with Gasteiger partial charge in [0.15, 0.2) is 0 Å². The van der Waals surface area contributed by atoms with Crippen LogP contribution in [0, 0.1) is 12.2 Å². The van der Waals surface area contributed by atoms with E-state index in [9.17, 15) is 0 Å². The van der Waals surface area contributed by atoms with Crippen LogP contribution < -0.4 is 0 Å². The van der Waals surface area contributed by atoms with Gasteiger partial charge in [-0.2, -0.15) is 12.2 Å². The predicted octanol–water partition coefficient (Wildman–Crippen LogP) is 4.95. The molecule has 0 fully saturated rings. The number of hydrogen-bond acceptors (Lipinski definition) is 0. The Morgan fingerprint density at radius 2 is 1.12 bits per heavy atom. The van der Waals surface area contributed by atoms with E-state index >= 15 is 0 Å². The molecule has 0 N–H and O–H groups in total. The molecular weight excluding hydrogens is 251 g/mol. The summed E-state index contributed by atoms with van der Waals surface area (Å²) in [4.78, 5) is 0. The third-order valence-corrected chi connectivity index (χ3v) is 2.58. The Kier molecular flexibility index (Phi) is 13.1. The summed E-state index contributed by atoms with van der Waals surface area (Å²) in [5.74, 6) is 0. The van der Waals surface area contributed by atoms with E-state index in [0.717, 1.165) is 12.8 Å². The van der Waals surface area contributed by atoms with Gasteiger partial charge in [0.25, 0.3) is 0 Å². The second-order valence-corrected chi connectivity index (χ2v) is 4.09. The first-order valence-corrected chi connectivity index (χ1v) is 6.43. The summed E-state index contributed by atoms with van der Waals surface area (Å²) < 4.78 is 0. The van der Waals surface area contributed by atoms with E-state index in [1.165, 1.54) is 38.5 Å². The van der Waals surface area contributed by atoms with Crippen molar-refractivity contribution >= 4 is 0 Å². The summed E-state index contributed by atoms with van der Waals surface area (Å²) in [7, 11) is 0. The fraction of sp³-hybridized carbons (Fsp3) is 0.500. The van der Waals surface area contributed by atoms with Gasteiger partial charge in [-0.1, -0.05) is 38.5 Å². The monoisotopic (exact) mass is 273 g/mol. The van der Waals surface area contributed by atoms with Crippen molar-refractivity contribution in [2.45, 2.75) is 51.4 Å². The zero-order valence-electron chi connectivity index (χ0n) is 10.5. The van der Waals surface area contributed by atoms with Crippen LogP contribution in [0.2, 0.25) is 0 Å². The van der Waals surface area contributed by atoms with Crippen LogP contribution >= 0.6 is 0 Å². The van der Waals surface area contributed by atoms with Crippen LogP contribution in [0.1, 0.15) is 51.4 Å². The minimum absolute atomic E-state index is 0. The fourth-order valence-corrected chi connectivity index (χ4v) is 1.61. The van der Waals surface area contributed by atoms with Crippen LogP contribution in [0.4, 0.5) is 0 Å². The van der Waals surface area contributed by atoms with Gasteiger partial charge in [-0.3, -0.25) is 12.2 Å². The molecule has 1 heteroatoms. The Morgan fingerprint density at radius 1 is 0.647 bits per heavy atom. The van der Waals surface area contributed by atoms with E-state index in [-0.39, 0.29) is 16.8 Å². The molecule has 0 nitrogen and oxygen atoms in total. The van der Waals surface area contributed by atoms with Gasteiger partial charge in [0.2, 0.25) is 0 Å². The summed E-state index contributed by atoms with van der Waals surface area (Å²) in [5.41, 5.74) is 0. The van der Waals surface area contributed by atoms with Crippen LogP contribution in [0.5, 0.6) is 0 Å². The summed E-state index contributed by atoms with van der Waals surface area (Å²) >= 11 is 0. The van der Waals surface area contributed by atoms with Crippen LogP contribution in [0.3, 0.4) is 0 Å². The number of allylic oxidation sites excluding steroid dienone is 8. The van der Waals surface area contributed by atoms with Gasteiger partial charge in [0.05, 0.1) is 0 Å². The maximum Gasteiger partial charge on any atom is 2.00 e. The summed E-state index contributed by atoms with van der Waals surface area (Å²) in [5, 5.41) is 0. The Morgan fingerprint density at radius 3 is 1.59 bits per heavy atom. The smallest absolute Gasteiger partial charge is 0.275 e. The third-order valence-electron chi connectivity index (χ3n) is 2.58. The maximum absolute atomic E-state index is 3.18. The number of rotatable bonds is 0. The van der Waals surface area contributed by atoms with Crippen molar-refractivity contribution < 1.29 is 16.8 Å². The average molecular weight is 273 g/mol. The van der Waals surface area contributed by atoms with E-state index in [1.807, 2.05) is 12.2 Å². The molecule has 0 saturated heterocycles. The van der Waals surface area contributed by atoms with E-state index in [4.69, 9.17) is 0 Å². The fourth-order valence-electron chi connectivity index (χ4n) is 1.61. The molecule has 0 bridgehead atoms. The minimum Gasteiger partial charge on any atom is -0.275 e. The Labute approximate surface area is 117 Å². The molecule has 2 aliphatic rings. The zero-order valence-corrected chi connectivity index (χ0v) is 11.5. The van der Waals surface area contributed by atoms with Crippen molar-refractivity contribution in [3.05, 3.63) is 48.6 Å². The molecule has 2 rings (SSSR count). The second-order valence-electron chi connectivity index (χ2n) is 4.09. The van der Waals surface area contributed by atoms with Gasteiger partial charge in [0, 0.05) is 0 Å². The molecule has 0 amide bonds. The van der Waals surface area contributed by atoms with Crippen LogP contribution in [-0.2, 0) is 16.8 Å². The second kappa shape index (κ2) is 13.5. The zero-order chi connectivity index (χ0) is 11.3. The quantitative estimate of drug-likeness (QED) is 0.548. The molecule has 0 aromatic heterocycles. The molecule has 0 aromatic carbocycles. The van der Waals surface area contributed by atoms with Gasteiger partial charge >= 0.3 is 16.8 Å². The van der Waals surface area contributed by atoms with Crippen molar-refractivity contribution in [2.75, 3.05) is 0 Å². The van der Waals surface area contributed by atoms with Crippen molar-refractivity contribution in [3.8, 4) is 0 Å². The Hall–Kier alpha value is -0.534. The summed E-state index contributed by atoms with van der Waals surface area (Å²) in [6.45, 7) is 0. The molecule has 0 aliphatic heterocycles. The molecular formula is C16H22Co. The Balaban J connectivity index is 0.000000284. The van der Waals surface area contributed by atoms with E-state index in [2.05, 4.69) is 36.5 Å². The Bertz CT molecular complexity index is 203. The van der Waals surface area contributed by atoms with Crippen molar-refractivity contribution in [1.29, 1.82) is 0 Å². The van der Waals surface area contributed by atoms with Crippen molar-refractivity contribution in [2.24, 2.45) is 0 Å². The molecule has 0 aromatic rings. The SMILES string of the molecule is [C-]1=C/C=C\CCCC1.[C-]1=CC=CCCCC1.[Co+2]. The van der Waals surface area contributed by atoms with E-state index in [1.54, 1.807) is 0 Å². The summed E-state index contributed by atoms with van der Waals surface area (Å²) in [6, 6.07) is 0. The molecule has 0 atom stereocenters. The topological polar surface area (TPSA) is 0 Å². The molecule has 0 heterocycles. The third kappa shape index (κ3) is 11.7. The number of hydrogen-bond donors (Lipinski definition) is 0. The van der Waals surface area contributed by atoms with Crippen molar-refractivity contribution in [1.82, 2.24) is 0 Å². The van der Waals surface area contributed by atoms with Gasteiger partial charge in [-0.25, -0.2) is 24.3 Å². The van der Waals surface area contributed by atoms with E-state index < -0.39 is 0 Å². The van der Waals surface area contributed by atoms with E-state index in [0.29, 0.717) is 0 Å². The van der Waals surface area contributed by atoms with Crippen LogP contribution in [-0.4, -0.2) is 0 Å². The summed E-state index contributed by atoms with van der Waals surface area (Å²) in [6.07, 6.45) is 29.0. The largest absolute Gasteiger partial charge is 2.00 e. The molecule has 95 valence electrons. The molecule has 2 aliphatic carbocycles. The van der Waals surface area contributed by atoms with Gasteiger partial charge < -0.3 is 0 Å². The van der Waals surface area contributed by atoms with Crippen LogP contribution in [0.15, 0.2) is 36.5 Å². The predicted molar refractivity (Wildman–Crippen MR) is 70.8 cm³/mol. The minimum atomic E-state index is 0. The van der Waals surface area contributed by atoms with Gasteiger partial charge in [-0.05, 0) is 0 Å². The standard InChI is InChI=1S/2C8H11.Co/c2*1-2-4-6-8-7-5-3-1;/h2*1-3H,4,6-8H2;/q2*-1;+2/b2-1-;;.